The molecule has 0 saturated heterocycles. The summed E-state index contributed by atoms with van der Waals surface area (Å²) in [6, 6.07) is 4.78. The zero-order valence-corrected chi connectivity index (χ0v) is 14.5. The highest BCUT2D eigenvalue weighted by Crippen LogP contribution is 2.29. The van der Waals surface area contributed by atoms with Crippen LogP contribution in [-0.2, 0) is 10.0 Å². The molecule has 2 aromatic rings. The summed E-state index contributed by atoms with van der Waals surface area (Å²) < 4.78 is 28.2. The van der Waals surface area contributed by atoms with E-state index in [1.807, 2.05) is 0 Å². The minimum absolute atomic E-state index is 0.0764. The molecule has 1 aromatic carbocycles. The number of nitrogens with one attached hydrogen (secondary N) is 1. The van der Waals surface area contributed by atoms with Crippen LogP contribution in [0.3, 0.4) is 0 Å². The smallest absolute Gasteiger partial charge is 0.262 e. The fourth-order valence-electron chi connectivity index (χ4n) is 2.10. The Hall–Kier alpha value is -1.31. The van der Waals surface area contributed by atoms with Gasteiger partial charge in [0.25, 0.3) is 10.0 Å². The van der Waals surface area contributed by atoms with Crippen molar-refractivity contribution in [3.8, 4) is 0 Å². The van der Waals surface area contributed by atoms with E-state index < -0.39 is 10.0 Å². The first-order valence-electron chi connectivity index (χ1n) is 5.91. The lowest BCUT2D eigenvalue weighted by molar-refractivity contribution is 0.600. The third-order valence-electron chi connectivity index (χ3n) is 2.80. The Bertz CT molecular complexity index is 786. The molecule has 0 aliphatic rings. The van der Waals surface area contributed by atoms with Gasteiger partial charge in [-0.25, -0.2) is 13.4 Å². The van der Waals surface area contributed by atoms with Crippen LogP contribution in [0.1, 0.15) is 11.1 Å². The van der Waals surface area contributed by atoms with E-state index in [0.29, 0.717) is 21.3 Å². The number of halogens is 2. The number of nitrogens with two attached hydrogens (primary N) is 1. The average Bonchev–Trinajstić information content (AvgIpc) is 2.31. The van der Waals surface area contributed by atoms with Crippen molar-refractivity contribution >= 4 is 48.9 Å². The Morgan fingerprint density at radius 2 is 1.81 bits per heavy atom. The van der Waals surface area contributed by atoms with Crippen molar-refractivity contribution in [2.24, 2.45) is 0 Å². The summed E-state index contributed by atoms with van der Waals surface area (Å²) in [7, 11) is -3.78. The van der Waals surface area contributed by atoms with Gasteiger partial charge in [-0.3, -0.25) is 4.72 Å². The molecule has 3 N–H and O–H groups in total. The molecule has 21 heavy (non-hydrogen) atoms. The zero-order valence-electron chi connectivity index (χ0n) is 11.3. The van der Waals surface area contributed by atoms with Gasteiger partial charge in [0.1, 0.15) is 0 Å². The molecule has 5 nitrogen and oxygen atoms in total. The van der Waals surface area contributed by atoms with Crippen molar-refractivity contribution in [2.75, 3.05) is 10.5 Å². The van der Waals surface area contributed by atoms with Crippen LogP contribution >= 0.6 is 27.5 Å². The van der Waals surface area contributed by atoms with Crippen LogP contribution in [0.2, 0.25) is 5.15 Å². The maximum Gasteiger partial charge on any atom is 0.262 e. The van der Waals surface area contributed by atoms with Crippen LogP contribution in [0.5, 0.6) is 0 Å². The van der Waals surface area contributed by atoms with E-state index in [1.165, 1.54) is 6.20 Å². The molecule has 112 valence electrons. The number of nitrogens with zero attached hydrogens (tertiary/aromatic N) is 1. The summed E-state index contributed by atoms with van der Waals surface area (Å²) >= 11 is 9.14. The second-order valence-corrected chi connectivity index (χ2v) is 7.47. The van der Waals surface area contributed by atoms with Crippen molar-refractivity contribution in [1.82, 2.24) is 4.98 Å². The predicted molar refractivity (Wildman–Crippen MR) is 88.1 cm³/mol. The number of rotatable bonds is 3. The molecular formula is C13H13BrClN3O2S. The lowest BCUT2D eigenvalue weighted by Gasteiger charge is -2.14. The van der Waals surface area contributed by atoms with Gasteiger partial charge < -0.3 is 5.73 Å². The second-order valence-electron chi connectivity index (χ2n) is 4.58. The highest BCUT2D eigenvalue weighted by Gasteiger charge is 2.21. The highest BCUT2D eigenvalue weighted by molar-refractivity contribution is 9.10. The normalized spacial score (nSPS) is 11.4. The minimum Gasteiger partial charge on any atom is -0.399 e. The van der Waals surface area contributed by atoms with E-state index >= 15 is 0 Å². The van der Waals surface area contributed by atoms with E-state index in [4.69, 9.17) is 17.3 Å². The Morgan fingerprint density at radius 3 is 2.38 bits per heavy atom. The Labute approximate surface area is 136 Å². The number of pyridine rings is 1. The van der Waals surface area contributed by atoms with Crippen molar-refractivity contribution < 1.29 is 8.42 Å². The fourth-order valence-corrected chi connectivity index (χ4v) is 4.15. The first-order chi connectivity index (χ1) is 9.70. The maximum absolute atomic E-state index is 12.6. The van der Waals surface area contributed by atoms with Gasteiger partial charge in [-0.05, 0) is 59.1 Å². The lowest BCUT2D eigenvalue weighted by atomic mass is 10.1. The van der Waals surface area contributed by atoms with Gasteiger partial charge in [0.05, 0.1) is 10.6 Å². The number of benzene rings is 1. The van der Waals surface area contributed by atoms with Gasteiger partial charge in [0.2, 0.25) is 0 Å². The van der Waals surface area contributed by atoms with Crippen LogP contribution in [0.15, 0.2) is 33.8 Å². The molecule has 0 fully saturated rings. The number of aromatic nitrogens is 1. The second kappa shape index (κ2) is 5.82. The van der Waals surface area contributed by atoms with E-state index in [1.54, 1.807) is 32.0 Å². The average molecular weight is 391 g/mol. The predicted octanol–water partition coefficient (Wildman–Crippen LogP) is 3.50. The summed E-state index contributed by atoms with van der Waals surface area (Å²) in [6.45, 7) is 3.39. The Balaban J connectivity index is 2.51. The molecule has 0 spiro atoms. The molecule has 0 unspecified atom stereocenters. The molecule has 0 radical (unpaired) electrons. The number of nitrogen functional groups attached to an aromatic ring is 1. The van der Waals surface area contributed by atoms with Crippen LogP contribution in [0.4, 0.5) is 11.4 Å². The molecule has 1 heterocycles. The number of hydrogen-bond donors (Lipinski definition) is 2. The Kier molecular flexibility index (Phi) is 4.46. The zero-order chi connectivity index (χ0) is 15.8. The topological polar surface area (TPSA) is 85.1 Å². The molecule has 0 aliphatic carbocycles. The van der Waals surface area contributed by atoms with E-state index in [-0.39, 0.29) is 15.7 Å². The van der Waals surface area contributed by atoms with E-state index in [2.05, 4.69) is 25.6 Å². The summed E-state index contributed by atoms with van der Waals surface area (Å²) in [5.41, 5.74) is 7.58. The van der Waals surface area contributed by atoms with Gasteiger partial charge in [-0.15, -0.1) is 0 Å². The first kappa shape index (κ1) is 16.1. The SMILES string of the molecule is Cc1cc(N)cc(C)c1S(=O)(=O)Nc1cc(Br)cnc1Cl. The van der Waals surface area contributed by atoms with Gasteiger partial charge in [-0.2, -0.15) is 0 Å². The van der Waals surface area contributed by atoms with Gasteiger partial charge in [0.15, 0.2) is 5.15 Å². The summed E-state index contributed by atoms with van der Waals surface area (Å²) in [4.78, 5) is 4.07. The highest BCUT2D eigenvalue weighted by atomic mass is 79.9. The largest absolute Gasteiger partial charge is 0.399 e. The summed E-state index contributed by atoms with van der Waals surface area (Å²) in [6.07, 6.45) is 1.49. The molecule has 0 atom stereocenters. The molecule has 1 aromatic heterocycles. The molecule has 0 aliphatic heterocycles. The summed E-state index contributed by atoms with van der Waals surface area (Å²) in [5.74, 6) is 0. The van der Waals surface area contributed by atoms with E-state index in [9.17, 15) is 8.42 Å². The van der Waals surface area contributed by atoms with Crippen LogP contribution in [0, 0.1) is 13.8 Å². The number of aryl methyl sites for hydroxylation is 2. The quantitative estimate of drug-likeness (QED) is 0.620. The van der Waals surface area contributed by atoms with Gasteiger partial charge in [0, 0.05) is 16.4 Å². The number of anilines is 2. The monoisotopic (exact) mass is 389 g/mol. The van der Waals surface area contributed by atoms with Crippen molar-refractivity contribution in [3.05, 3.63) is 45.1 Å². The van der Waals surface area contributed by atoms with E-state index in [0.717, 1.165) is 0 Å². The third-order valence-corrected chi connectivity index (χ3v) is 5.21. The van der Waals surface area contributed by atoms with Crippen LogP contribution < -0.4 is 10.5 Å². The van der Waals surface area contributed by atoms with Crippen molar-refractivity contribution in [3.63, 3.8) is 0 Å². The van der Waals surface area contributed by atoms with Crippen LogP contribution in [0.25, 0.3) is 0 Å². The van der Waals surface area contributed by atoms with Crippen LogP contribution in [-0.4, -0.2) is 13.4 Å². The molecule has 0 saturated carbocycles. The van der Waals surface area contributed by atoms with Crippen molar-refractivity contribution in [1.29, 1.82) is 0 Å². The summed E-state index contributed by atoms with van der Waals surface area (Å²) in [5, 5.41) is 0.0764. The van der Waals surface area contributed by atoms with Gasteiger partial charge in [-0.1, -0.05) is 11.6 Å². The minimum atomic E-state index is -3.78. The molecule has 2 rings (SSSR count). The number of sulfonamides is 1. The lowest BCUT2D eigenvalue weighted by Crippen LogP contribution is -2.16. The third kappa shape index (κ3) is 3.48. The maximum atomic E-state index is 12.6. The van der Waals surface area contributed by atoms with Crippen molar-refractivity contribution in [2.45, 2.75) is 18.7 Å². The Morgan fingerprint density at radius 1 is 1.24 bits per heavy atom. The fraction of sp³-hybridized carbons (Fsp3) is 0.154. The van der Waals surface area contributed by atoms with Gasteiger partial charge >= 0.3 is 0 Å². The number of hydrogen-bond acceptors (Lipinski definition) is 4. The standard InChI is InChI=1S/C13H13BrClN3O2S/c1-7-3-10(16)4-8(2)12(7)21(19,20)18-11-5-9(14)6-17-13(11)15/h3-6,18H,16H2,1-2H3. The molecule has 0 amide bonds. The first-order valence-corrected chi connectivity index (χ1v) is 8.56. The molecule has 0 bridgehead atoms. The molecule has 8 heteroatoms. The molecular weight excluding hydrogens is 378 g/mol.